The number of ether oxygens (including phenoxy) is 1. The second kappa shape index (κ2) is 7.90. The molecule has 1 aromatic carbocycles. The molecule has 0 amide bonds. The van der Waals surface area contributed by atoms with Crippen LogP contribution in [0.5, 0.6) is 5.88 Å². The lowest BCUT2D eigenvalue weighted by Gasteiger charge is -2.16. The Bertz CT molecular complexity index is 963. The minimum Gasteiger partial charge on any atom is -0.460 e. The van der Waals surface area contributed by atoms with Crippen molar-refractivity contribution < 1.29 is 9.15 Å². The van der Waals surface area contributed by atoms with Crippen LogP contribution in [-0.2, 0) is 0 Å². The van der Waals surface area contributed by atoms with Crippen LogP contribution in [-0.4, -0.2) is 20.9 Å². The molecule has 2 aromatic heterocycles. The number of anilines is 1. The van der Waals surface area contributed by atoms with Gasteiger partial charge in [0.1, 0.15) is 5.76 Å². The molecule has 27 heavy (non-hydrogen) atoms. The highest BCUT2D eigenvalue weighted by atomic mass is 79.9. The summed E-state index contributed by atoms with van der Waals surface area (Å²) in [5, 5.41) is 12.7. The molecule has 0 unspecified atom stereocenters. The van der Waals surface area contributed by atoms with Gasteiger partial charge in [0.2, 0.25) is 17.3 Å². The molecule has 0 bridgehead atoms. The van der Waals surface area contributed by atoms with E-state index in [9.17, 15) is 0 Å². The van der Waals surface area contributed by atoms with Crippen LogP contribution in [0.3, 0.4) is 0 Å². The van der Waals surface area contributed by atoms with E-state index in [2.05, 4.69) is 43.4 Å². The Morgan fingerprint density at radius 1 is 1.22 bits per heavy atom. The fourth-order valence-corrected chi connectivity index (χ4v) is 3.98. The largest absolute Gasteiger partial charge is 0.460 e. The van der Waals surface area contributed by atoms with Gasteiger partial charge in [0.25, 0.3) is 0 Å². The van der Waals surface area contributed by atoms with E-state index >= 15 is 0 Å². The average molecular weight is 447 g/mol. The lowest BCUT2D eigenvalue weighted by Crippen LogP contribution is -2.16. The first-order valence-corrected chi connectivity index (χ1v) is 10.6. The number of rotatable bonds is 5. The van der Waals surface area contributed by atoms with E-state index in [0.717, 1.165) is 40.1 Å². The quantitative estimate of drug-likeness (QED) is 0.403. The zero-order valence-corrected chi connectivity index (χ0v) is 17.4. The molecule has 140 valence electrons. The van der Waals surface area contributed by atoms with E-state index in [1.807, 2.05) is 37.3 Å². The van der Waals surface area contributed by atoms with E-state index in [-0.39, 0.29) is 0 Å². The van der Waals surface area contributed by atoms with E-state index in [0.29, 0.717) is 22.5 Å². The van der Waals surface area contributed by atoms with Gasteiger partial charge >= 0.3 is 0 Å². The Morgan fingerprint density at radius 2 is 2.11 bits per heavy atom. The Balaban J connectivity index is 1.76. The molecule has 0 radical (unpaired) electrons. The molecule has 1 aliphatic rings. The van der Waals surface area contributed by atoms with E-state index in [1.54, 1.807) is 11.8 Å². The number of halogens is 1. The Hall–Kier alpha value is -2.06. The molecule has 0 fully saturated rings. The molecule has 1 atom stereocenters. The Kier molecular flexibility index (Phi) is 5.36. The number of aryl methyl sites for hydroxylation is 1. The van der Waals surface area contributed by atoms with Crippen molar-refractivity contribution in [3.8, 4) is 17.1 Å². The first-order valence-electron chi connectivity index (χ1n) is 8.81. The van der Waals surface area contributed by atoms with Gasteiger partial charge in [-0.1, -0.05) is 41.0 Å². The van der Waals surface area contributed by atoms with Crippen molar-refractivity contribution in [1.29, 1.82) is 0 Å². The van der Waals surface area contributed by atoms with E-state index < -0.39 is 6.23 Å². The van der Waals surface area contributed by atoms with Gasteiger partial charge in [0.15, 0.2) is 11.5 Å². The van der Waals surface area contributed by atoms with Gasteiger partial charge in [0, 0.05) is 21.5 Å². The highest BCUT2D eigenvalue weighted by Crippen LogP contribution is 2.41. The van der Waals surface area contributed by atoms with E-state index in [1.165, 1.54) is 0 Å². The summed E-state index contributed by atoms with van der Waals surface area (Å²) < 4.78 is 12.9. The highest BCUT2D eigenvalue weighted by Gasteiger charge is 2.28. The zero-order valence-electron chi connectivity index (χ0n) is 15.0. The number of nitrogens with zero attached hydrogens (tertiary/aromatic N) is 3. The predicted octanol–water partition coefficient (Wildman–Crippen LogP) is 5.60. The smallest absolute Gasteiger partial charge is 0.247 e. The second-order valence-corrected chi connectivity index (χ2v) is 8.21. The third-order valence-electron chi connectivity index (χ3n) is 4.14. The SMILES string of the molecule is CCCCSc1nnc2c(n1)O[C@@H](c1ccc(C)o1)Nc1ccc(Br)cc1-2. The van der Waals surface area contributed by atoms with Crippen molar-refractivity contribution >= 4 is 33.4 Å². The average Bonchev–Trinajstić information content (AvgIpc) is 3.02. The minimum absolute atomic E-state index is 0.451. The van der Waals surface area contributed by atoms with Crippen LogP contribution in [0.25, 0.3) is 11.3 Å². The van der Waals surface area contributed by atoms with Crippen LogP contribution < -0.4 is 10.1 Å². The third kappa shape index (κ3) is 3.96. The lowest BCUT2D eigenvalue weighted by atomic mass is 10.1. The van der Waals surface area contributed by atoms with Gasteiger partial charge in [-0.15, -0.1) is 10.2 Å². The number of thioether (sulfide) groups is 1. The number of unbranched alkanes of at least 4 members (excludes halogenated alkanes) is 1. The van der Waals surface area contributed by atoms with Gasteiger partial charge in [-0.2, -0.15) is 4.98 Å². The van der Waals surface area contributed by atoms with Gasteiger partial charge < -0.3 is 14.5 Å². The van der Waals surface area contributed by atoms with Crippen molar-refractivity contribution in [2.45, 2.75) is 38.1 Å². The van der Waals surface area contributed by atoms with Crippen LogP contribution in [0.2, 0.25) is 0 Å². The summed E-state index contributed by atoms with van der Waals surface area (Å²) in [4.78, 5) is 4.63. The molecular weight excluding hydrogens is 428 g/mol. The van der Waals surface area contributed by atoms with Crippen molar-refractivity contribution in [2.24, 2.45) is 0 Å². The summed E-state index contributed by atoms with van der Waals surface area (Å²) in [5.41, 5.74) is 2.39. The van der Waals surface area contributed by atoms with Gasteiger partial charge in [-0.3, -0.25) is 0 Å². The number of hydrogen-bond donors (Lipinski definition) is 1. The lowest BCUT2D eigenvalue weighted by molar-refractivity contribution is 0.194. The molecule has 3 heterocycles. The summed E-state index contributed by atoms with van der Waals surface area (Å²) in [7, 11) is 0. The van der Waals surface area contributed by atoms with Gasteiger partial charge in [-0.05, 0) is 43.7 Å². The first kappa shape index (κ1) is 18.3. The standard InChI is InChI=1S/C19H19BrN4O2S/c1-3-4-9-27-19-22-18-16(23-24-19)13-10-12(20)6-7-14(13)21-17(26-18)15-8-5-11(2)25-15/h5-8,10,17,21H,3-4,9H2,1-2H3/t17-/m0/s1. The summed E-state index contributed by atoms with van der Waals surface area (Å²) in [6.07, 6.45) is 1.75. The van der Waals surface area contributed by atoms with Crippen molar-refractivity contribution in [3.63, 3.8) is 0 Å². The second-order valence-electron chi connectivity index (χ2n) is 6.23. The van der Waals surface area contributed by atoms with Crippen LogP contribution in [0.4, 0.5) is 5.69 Å². The van der Waals surface area contributed by atoms with Gasteiger partial charge in [-0.25, -0.2) is 0 Å². The highest BCUT2D eigenvalue weighted by molar-refractivity contribution is 9.10. The molecule has 0 spiro atoms. The summed E-state index contributed by atoms with van der Waals surface area (Å²) in [6, 6.07) is 9.75. The summed E-state index contributed by atoms with van der Waals surface area (Å²) in [6.45, 7) is 4.07. The fourth-order valence-electron chi connectivity index (χ4n) is 2.76. The van der Waals surface area contributed by atoms with Crippen LogP contribution in [0.1, 0.15) is 37.5 Å². The van der Waals surface area contributed by atoms with Crippen LogP contribution in [0, 0.1) is 6.92 Å². The molecule has 1 aliphatic heterocycles. The summed E-state index contributed by atoms with van der Waals surface area (Å²) >= 11 is 5.12. The third-order valence-corrected chi connectivity index (χ3v) is 5.55. The maximum atomic E-state index is 6.18. The monoisotopic (exact) mass is 446 g/mol. The topological polar surface area (TPSA) is 73.1 Å². The molecule has 0 saturated carbocycles. The van der Waals surface area contributed by atoms with Gasteiger partial charge in [0.05, 0.1) is 0 Å². The predicted molar refractivity (Wildman–Crippen MR) is 109 cm³/mol. The maximum absolute atomic E-state index is 6.18. The maximum Gasteiger partial charge on any atom is 0.247 e. The molecular formula is C19H19BrN4O2S. The van der Waals surface area contributed by atoms with Crippen molar-refractivity contribution in [3.05, 3.63) is 46.3 Å². The molecule has 8 heteroatoms. The Morgan fingerprint density at radius 3 is 2.89 bits per heavy atom. The number of benzene rings is 1. The molecule has 1 N–H and O–H groups in total. The molecule has 4 rings (SSSR count). The Labute approximate surface area is 170 Å². The van der Waals surface area contributed by atoms with Crippen molar-refractivity contribution in [1.82, 2.24) is 15.2 Å². The molecule has 3 aromatic rings. The molecule has 6 nitrogen and oxygen atoms in total. The molecule has 0 aliphatic carbocycles. The number of nitrogens with one attached hydrogen (secondary N) is 1. The van der Waals surface area contributed by atoms with Crippen molar-refractivity contribution in [2.75, 3.05) is 11.1 Å². The van der Waals surface area contributed by atoms with Crippen LogP contribution >= 0.6 is 27.7 Å². The first-order chi connectivity index (χ1) is 13.1. The normalized spacial score (nSPS) is 15.3. The fraction of sp³-hybridized carbons (Fsp3) is 0.316. The van der Waals surface area contributed by atoms with E-state index in [4.69, 9.17) is 9.15 Å². The molecule has 0 saturated heterocycles. The minimum atomic E-state index is -0.495. The number of furan rings is 1. The summed E-state index contributed by atoms with van der Waals surface area (Å²) in [5.74, 6) is 2.92. The van der Waals surface area contributed by atoms with Crippen LogP contribution in [0.15, 0.2) is 44.4 Å². The number of fused-ring (bicyclic) bond motifs is 3. The number of hydrogen-bond acceptors (Lipinski definition) is 7. The number of aromatic nitrogens is 3. The zero-order chi connectivity index (χ0) is 18.8.